The molecule has 1 aliphatic heterocycles. The van der Waals surface area contributed by atoms with Crippen molar-refractivity contribution in [1.82, 2.24) is 29.0 Å². The third-order valence-electron chi connectivity index (χ3n) is 6.05. The topological polar surface area (TPSA) is 51.2 Å². The molecule has 7 heteroatoms. The van der Waals surface area contributed by atoms with Crippen LogP contribution >= 0.6 is 0 Å². The molecular formula is C22H25FN6. The fourth-order valence-corrected chi connectivity index (χ4v) is 4.38. The predicted molar refractivity (Wildman–Crippen MR) is 111 cm³/mol. The van der Waals surface area contributed by atoms with Gasteiger partial charge in [-0.15, -0.1) is 0 Å². The Bertz CT molecular complexity index is 1200. The highest BCUT2D eigenvalue weighted by Gasteiger charge is 2.23. The Hall–Kier alpha value is -2.80. The minimum Gasteiger partial charge on any atom is -0.304 e. The zero-order chi connectivity index (χ0) is 20.1. The lowest BCUT2D eigenvalue weighted by Gasteiger charge is -2.30. The Labute approximate surface area is 169 Å². The van der Waals surface area contributed by atoms with Gasteiger partial charge in [-0.05, 0) is 57.1 Å². The van der Waals surface area contributed by atoms with Crippen molar-refractivity contribution < 1.29 is 4.39 Å². The van der Waals surface area contributed by atoms with E-state index in [1.165, 1.54) is 6.07 Å². The van der Waals surface area contributed by atoms with Gasteiger partial charge < -0.3 is 9.30 Å². The summed E-state index contributed by atoms with van der Waals surface area (Å²) in [7, 11) is 1.88. The van der Waals surface area contributed by atoms with Crippen LogP contribution in [0.15, 0.2) is 30.7 Å². The number of piperidine rings is 1. The van der Waals surface area contributed by atoms with Gasteiger partial charge >= 0.3 is 0 Å². The summed E-state index contributed by atoms with van der Waals surface area (Å²) in [6, 6.07) is 3.50. The quantitative estimate of drug-likeness (QED) is 0.530. The molecule has 0 saturated carbocycles. The first-order chi connectivity index (χ1) is 14.0. The van der Waals surface area contributed by atoms with Crippen molar-refractivity contribution >= 4 is 16.7 Å². The summed E-state index contributed by atoms with van der Waals surface area (Å²) < 4.78 is 18.5. The van der Waals surface area contributed by atoms with Gasteiger partial charge in [-0.1, -0.05) is 6.92 Å². The molecule has 0 N–H and O–H groups in total. The molecular weight excluding hydrogens is 367 g/mol. The van der Waals surface area contributed by atoms with Gasteiger partial charge in [0.2, 0.25) is 0 Å². The first-order valence-electron chi connectivity index (χ1n) is 10.2. The van der Waals surface area contributed by atoms with E-state index in [9.17, 15) is 4.39 Å². The van der Waals surface area contributed by atoms with Crippen molar-refractivity contribution in [3.63, 3.8) is 0 Å². The van der Waals surface area contributed by atoms with Crippen molar-refractivity contribution in [3.8, 4) is 11.3 Å². The molecule has 0 aliphatic carbocycles. The number of rotatable bonds is 3. The van der Waals surface area contributed by atoms with E-state index in [1.807, 2.05) is 43.0 Å². The Morgan fingerprint density at radius 1 is 1.10 bits per heavy atom. The molecule has 150 valence electrons. The van der Waals surface area contributed by atoms with Gasteiger partial charge in [-0.2, -0.15) is 5.10 Å². The normalized spacial score (nSPS) is 16.3. The maximum absolute atomic E-state index is 14.9. The minimum absolute atomic E-state index is 0.314. The molecule has 5 rings (SSSR count). The maximum atomic E-state index is 14.9. The predicted octanol–water partition coefficient (Wildman–Crippen LogP) is 3.93. The number of aromatic nitrogens is 5. The molecule has 0 radical (unpaired) electrons. The fourth-order valence-electron chi connectivity index (χ4n) is 4.38. The van der Waals surface area contributed by atoms with Crippen LogP contribution in [-0.2, 0) is 7.05 Å². The summed E-state index contributed by atoms with van der Waals surface area (Å²) in [5.41, 5.74) is 5.59. The minimum atomic E-state index is -0.314. The molecule has 5 heterocycles. The number of aryl methyl sites for hydroxylation is 2. The number of hydrogen-bond donors (Lipinski definition) is 0. The van der Waals surface area contributed by atoms with Crippen molar-refractivity contribution in [2.45, 2.75) is 32.6 Å². The second kappa shape index (κ2) is 6.91. The van der Waals surface area contributed by atoms with Crippen molar-refractivity contribution in [1.29, 1.82) is 0 Å². The Balaban J connectivity index is 1.53. The molecule has 4 aromatic rings. The lowest BCUT2D eigenvalue weighted by Crippen LogP contribution is -2.32. The molecule has 1 fully saturated rings. The molecule has 0 aromatic carbocycles. The van der Waals surface area contributed by atoms with E-state index in [2.05, 4.69) is 21.9 Å². The number of nitrogens with zero attached hydrogens (tertiary/aromatic N) is 6. The molecule has 29 heavy (non-hydrogen) atoms. The highest BCUT2D eigenvalue weighted by molar-refractivity contribution is 5.81. The molecule has 0 spiro atoms. The van der Waals surface area contributed by atoms with Gasteiger partial charge in [-0.25, -0.2) is 14.4 Å². The Morgan fingerprint density at radius 3 is 2.66 bits per heavy atom. The van der Waals surface area contributed by atoms with Crippen LogP contribution in [0, 0.1) is 12.7 Å². The van der Waals surface area contributed by atoms with Crippen LogP contribution in [0.4, 0.5) is 4.39 Å². The fraction of sp³-hybridized carbons (Fsp3) is 0.409. The summed E-state index contributed by atoms with van der Waals surface area (Å²) >= 11 is 0. The monoisotopic (exact) mass is 392 g/mol. The largest absolute Gasteiger partial charge is 0.304 e. The number of fused-ring (bicyclic) bond motifs is 2. The zero-order valence-corrected chi connectivity index (χ0v) is 17.1. The number of pyridine rings is 2. The first-order valence-corrected chi connectivity index (χ1v) is 10.2. The van der Waals surface area contributed by atoms with E-state index in [1.54, 1.807) is 4.68 Å². The summed E-state index contributed by atoms with van der Waals surface area (Å²) in [6.07, 6.45) is 7.96. The molecule has 4 aromatic heterocycles. The van der Waals surface area contributed by atoms with Crippen molar-refractivity contribution in [2.24, 2.45) is 7.05 Å². The molecule has 6 nitrogen and oxygen atoms in total. The number of likely N-dealkylation sites (tertiary alicyclic amines) is 1. The van der Waals surface area contributed by atoms with Crippen molar-refractivity contribution in [3.05, 3.63) is 47.8 Å². The van der Waals surface area contributed by atoms with E-state index in [0.29, 0.717) is 11.6 Å². The highest BCUT2D eigenvalue weighted by Crippen LogP contribution is 2.30. The van der Waals surface area contributed by atoms with Crippen molar-refractivity contribution in [2.75, 3.05) is 19.6 Å². The SMILES string of the molecule is CCN1CCC(c2cn3cc(-c4cc(C)c5nn(C)cc5n4)cc(F)c3n2)CC1. The van der Waals surface area contributed by atoms with Gasteiger partial charge in [0.15, 0.2) is 11.5 Å². The van der Waals surface area contributed by atoms with Gasteiger partial charge in [0.05, 0.1) is 17.6 Å². The van der Waals surface area contributed by atoms with Crippen LogP contribution in [0.2, 0.25) is 0 Å². The van der Waals surface area contributed by atoms with Gasteiger partial charge in [0, 0.05) is 30.9 Å². The second-order valence-electron chi connectivity index (χ2n) is 8.04. The standard InChI is InChI=1S/C22H25FN6/c1-4-28-7-5-15(6-8-28)19-13-29-11-16(10-17(23)22(29)25-19)18-9-14(2)21-20(24-18)12-27(3)26-21/h9-13,15H,4-8H2,1-3H3. The van der Waals surface area contributed by atoms with Gasteiger partial charge in [0.25, 0.3) is 0 Å². The third kappa shape index (κ3) is 3.19. The number of hydrogen-bond acceptors (Lipinski definition) is 4. The average molecular weight is 392 g/mol. The average Bonchev–Trinajstić information content (AvgIpc) is 3.31. The van der Waals surface area contributed by atoms with Crippen LogP contribution in [0.3, 0.4) is 0 Å². The third-order valence-corrected chi connectivity index (χ3v) is 6.05. The maximum Gasteiger partial charge on any atom is 0.173 e. The summed E-state index contributed by atoms with van der Waals surface area (Å²) in [4.78, 5) is 11.8. The molecule has 0 unspecified atom stereocenters. The van der Waals surface area contributed by atoms with E-state index >= 15 is 0 Å². The zero-order valence-electron chi connectivity index (χ0n) is 17.1. The first kappa shape index (κ1) is 18.2. The lowest BCUT2D eigenvalue weighted by molar-refractivity contribution is 0.221. The molecule has 0 amide bonds. The molecule has 0 bridgehead atoms. The number of imidazole rings is 1. The van der Waals surface area contributed by atoms with E-state index in [-0.39, 0.29) is 5.82 Å². The van der Waals surface area contributed by atoms with Crippen LogP contribution in [0.5, 0.6) is 0 Å². The van der Waals surface area contributed by atoms with Gasteiger partial charge in [-0.3, -0.25) is 4.68 Å². The summed E-state index contributed by atoms with van der Waals surface area (Å²) in [5.74, 6) is 0.0816. The van der Waals surface area contributed by atoms with Crippen LogP contribution in [-0.4, -0.2) is 48.7 Å². The van der Waals surface area contributed by atoms with Crippen LogP contribution in [0.1, 0.15) is 36.9 Å². The van der Waals surface area contributed by atoms with Crippen LogP contribution in [0.25, 0.3) is 27.9 Å². The number of halogens is 1. The summed E-state index contributed by atoms with van der Waals surface area (Å²) in [5, 5.41) is 4.44. The van der Waals surface area contributed by atoms with Crippen LogP contribution < -0.4 is 0 Å². The lowest BCUT2D eigenvalue weighted by atomic mass is 9.94. The Kier molecular flexibility index (Phi) is 4.35. The molecule has 1 aliphatic rings. The highest BCUT2D eigenvalue weighted by atomic mass is 19.1. The van der Waals surface area contributed by atoms with Gasteiger partial charge in [0.1, 0.15) is 11.0 Å². The molecule has 0 atom stereocenters. The Morgan fingerprint density at radius 2 is 1.90 bits per heavy atom. The molecule has 1 saturated heterocycles. The van der Waals surface area contributed by atoms with E-state index < -0.39 is 0 Å². The van der Waals surface area contributed by atoms with E-state index in [0.717, 1.165) is 66.0 Å². The van der Waals surface area contributed by atoms with E-state index in [4.69, 9.17) is 4.98 Å². The second-order valence-corrected chi connectivity index (χ2v) is 8.04. The summed E-state index contributed by atoms with van der Waals surface area (Å²) in [6.45, 7) is 7.45. The smallest absolute Gasteiger partial charge is 0.173 e.